The molecule has 0 fully saturated rings. The van der Waals surface area contributed by atoms with Crippen LogP contribution in [0.15, 0.2) is 47.7 Å². The van der Waals surface area contributed by atoms with Gasteiger partial charge in [-0.2, -0.15) is 0 Å². The van der Waals surface area contributed by atoms with Crippen molar-refractivity contribution < 1.29 is 4.39 Å². The average Bonchev–Trinajstić information content (AvgIpc) is 3.19. The van der Waals surface area contributed by atoms with Crippen molar-refractivity contribution in [1.29, 1.82) is 0 Å². The molecule has 6 rings (SSSR count). The lowest BCUT2D eigenvalue weighted by molar-refractivity contribution is 0.411. The van der Waals surface area contributed by atoms with Crippen LogP contribution >= 0.6 is 0 Å². The standard InChI is InChI=1S/C31H36FN3/c1-8-31(7)17(4)9-10-21-19(6)35-15-22-29-25(33-16(2)3)12-11-20-18(5)24(32)14-26(28(20)29)34-30(22)27(35)13-23(21)31/h13-14,16,25,33H,4,6,8-12,15H2,1-3,5,7H3/t25-,31-/m0/s1. The van der Waals surface area contributed by atoms with E-state index in [0.29, 0.717) is 6.04 Å². The minimum atomic E-state index is -0.148. The molecule has 0 bridgehead atoms. The molecule has 1 aromatic heterocycles. The number of rotatable bonds is 3. The minimum absolute atomic E-state index is 0.0540. The Balaban J connectivity index is 1.63. The zero-order chi connectivity index (χ0) is 24.8. The van der Waals surface area contributed by atoms with Gasteiger partial charge in [0.2, 0.25) is 0 Å². The van der Waals surface area contributed by atoms with Crippen LogP contribution in [0.1, 0.15) is 87.4 Å². The number of pyridine rings is 1. The molecule has 1 aromatic carbocycles. The molecule has 2 atom stereocenters. The highest BCUT2D eigenvalue weighted by Crippen LogP contribution is 2.55. The summed E-state index contributed by atoms with van der Waals surface area (Å²) in [6, 6.07) is 2.26. The van der Waals surface area contributed by atoms with Crippen LogP contribution in [0, 0.1) is 18.2 Å². The summed E-state index contributed by atoms with van der Waals surface area (Å²) in [4.78, 5) is 7.52. The number of allylic oxidation sites excluding steroid dienone is 4. The normalized spacial score (nSPS) is 25.3. The molecule has 0 spiro atoms. The van der Waals surface area contributed by atoms with Crippen molar-refractivity contribution in [2.75, 3.05) is 0 Å². The lowest BCUT2D eigenvalue weighted by atomic mass is 9.65. The largest absolute Gasteiger partial charge is 0.335 e. The molecule has 0 amide bonds. The van der Waals surface area contributed by atoms with E-state index in [0.717, 1.165) is 72.4 Å². The van der Waals surface area contributed by atoms with Crippen molar-refractivity contribution in [1.82, 2.24) is 15.2 Å². The molecule has 182 valence electrons. The SMILES string of the molecule is C=C1C2=C(C=C3c4nc5cc(F)c(C)c6c5c(c4CN13)[C@@H](NC(C)C)CC6)[C@@](C)(CC)C(=C)CC2. The summed E-state index contributed by atoms with van der Waals surface area (Å²) in [5.41, 5.74) is 12.5. The van der Waals surface area contributed by atoms with Crippen LogP contribution in [-0.4, -0.2) is 15.9 Å². The lowest BCUT2D eigenvalue weighted by Gasteiger charge is -2.43. The van der Waals surface area contributed by atoms with Gasteiger partial charge in [-0.05, 0) is 72.9 Å². The fraction of sp³-hybridized carbons (Fsp3) is 0.452. The topological polar surface area (TPSA) is 28.2 Å². The van der Waals surface area contributed by atoms with Gasteiger partial charge in [-0.3, -0.25) is 0 Å². The van der Waals surface area contributed by atoms with E-state index in [9.17, 15) is 0 Å². The van der Waals surface area contributed by atoms with Crippen LogP contribution in [0.25, 0.3) is 16.6 Å². The van der Waals surface area contributed by atoms with E-state index in [4.69, 9.17) is 4.98 Å². The van der Waals surface area contributed by atoms with Crippen molar-refractivity contribution in [3.63, 3.8) is 0 Å². The van der Waals surface area contributed by atoms with E-state index in [1.54, 1.807) is 6.07 Å². The molecule has 0 saturated carbocycles. The molecule has 4 heteroatoms. The van der Waals surface area contributed by atoms with Gasteiger partial charge in [0, 0.05) is 40.2 Å². The van der Waals surface area contributed by atoms with Gasteiger partial charge in [0.25, 0.3) is 0 Å². The van der Waals surface area contributed by atoms with Crippen LogP contribution in [-0.2, 0) is 13.0 Å². The maximum Gasteiger partial charge on any atom is 0.128 e. The predicted octanol–water partition coefficient (Wildman–Crippen LogP) is 7.41. The Morgan fingerprint density at radius 2 is 2.00 bits per heavy atom. The summed E-state index contributed by atoms with van der Waals surface area (Å²) in [7, 11) is 0. The van der Waals surface area contributed by atoms with Crippen molar-refractivity contribution in [2.45, 2.75) is 85.4 Å². The summed E-state index contributed by atoms with van der Waals surface area (Å²) in [5, 5.41) is 4.98. The highest BCUT2D eigenvalue weighted by molar-refractivity contribution is 5.93. The summed E-state index contributed by atoms with van der Waals surface area (Å²) in [5.74, 6) is -0.148. The quantitative estimate of drug-likeness (QED) is 0.474. The first kappa shape index (κ1) is 22.7. The molecule has 2 aliphatic carbocycles. The number of fused-ring (bicyclic) bond motifs is 4. The van der Waals surface area contributed by atoms with E-state index >= 15 is 4.39 Å². The van der Waals surface area contributed by atoms with E-state index < -0.39 is 0 Å². The Kier molecular flexibility index (Phi) is 4.96. The Morgan fingerprint density at radius 3 is 2.71 bits per heavy atom. The Hall–Kier alpha value is -2.72. The third-order valence-electron chi connectivity index (χ3n) is 9.20. The molecule has 3 nitrogen and oxygen atoms in total. The summed E-state index contributed by atoms with van der Waals surface area (Å²) < 4.78 is 15.0. The molecule has 35 heavy (non-hydrogen) atoms. The van der Waals surface area contributed by atoms with Crippen molar-refractivity contribution in [2.24, 2.45) is 5.41 Å². The predicted molar refractivity (Wildman–Crippen MR) is 142 cm³/mol. The first-order valence-corrected chi connectivity index (χ1v) is 13.2. The van der Waals surface area contributed by atoms with E-state index in [1.807, 2.05) is 6.92 Å². The molecule has 2 aliphatic heterocycles. The Morgan fingerprint density at radius 1 is 1.23 bits per heavy atom. The number of aryl methyl sites for hydroxylation is 1. The van der Waals surface area contributed by atoms with Gasteiger partial charge >= 0.3 is 0 Å². The maximum atomic E-state index is 15.0. The maximum absolute atomic E-state index is 15.0. The van der Waals surface area contributed by atoms with Gasteiger partial charge in [0.15, 0.2) is 0 Å². The van der Waals surface area contributed by atoms with E-state index in [2.05, 4.69) is 57.1 Å². The molecular formula is C31H36FN3. The smallest absolute Gasteiger partial charge is 0.128 e. The van der Waals surface area contributed by atoms with Gasteiger partial charge in [0.1, 0.15) is 5.82 Å². The summed E-state index contributed by atoms with van der Waals surface area (Å²) in [6.07, 6.45) is 7.23. The van der Waals surface area contributed by atoms with E-state index in [-0.39, 0.29) is 17.3 Å². The molecule has 4 aliphatic rings. The van der Waals surface area contributed by atoms with E-state index in [1.165, 1.54) is 33.2 Å². The van der Waals surface area contributed by atoms with Gasteiger partial charge < -0.3 is 10.2 Å². The number of benzene rings is 1. The number of nitrogens with one attached hydrogen (secondary N) is 1. The van der Waals surface area contributed by atoms with Gasteiger partial charge in [-0.15, -0.1) is 0 Å². The second kappa shape index (κ2) is 7.64. The van der Waals surface area contributed by atoms with Crippen LogP contribution < -0.4 is 5.32 Å². The minimum Gasteiger partial charge on any atom is -0.335 e. The van der Waals surface area contributed by atoms with Crippen LogP contribution in [0.3, 0.4) is 0 Å². The number of hydrogen-bond donors (Lipinski definition) is 1. The molecule has 1 N–H and O–H groups in total. The highest BCUT2D eigenvalue weighted by Gasteiger charge is 2.43. The van der Waals surface area contributed by atoms with Gasteiger partial charge in [0.05, 0.1) is 23.5 Å². The molecule has 3 heterocycles. The summed E-state index contributed by atoms with van der Waals surface area (Å²) in [6.45, 7) is 20.7. The zero-order valence-corrected chi connectivity index (χ0v) is 21.7. The molecular weight excluding hydrogens is 433 g/mol. The van der Waals surface area contributed by atoms with Crippen molar-refractivity contribution in [3.05, 3.63) is 81.5 Å². The van der Waals surface area contributed by atoms with Crippen LogP contribution in [0.5, 0.6) is 0 Å². The third kappa shape index (κ3) is 3.02. The third-order valence-corrected chi connectivity index (χ3v) is 9.20. The van der Waals surface area contributed by atoms with Crippen LogP contribution in [0.4, 0.5) is 4.39 Å². The molecule has 0 unspecified atom stereocenters. The number of halogens is 1. The van der Waals surface area contributed by atoms with Crippen molar-refractivity contribution in [3.8, 4) is 0 Å². The fourth-order valence-corrected chi connectivity index (χ4v) is 6.97. The Bertz CT molecular complexity index is 1390. The molecule has 2 aromatic rings. The lowest BCUT2D eigenvalue weighted by Crippen LogP contribution is -2.32. The number of nitrogens with zero attached hydrogens (tertiary/aromatic N) is 2. The fourth-order valence-electron chi connectivity index (χ4n) is 6.97. The number of hydrogen-bond acceptors (Lipinski definition) is 3. The van der Waals surface area contributed by atoms with Gasteiger partial charge in [-0.25, -0.2) is 9.37 Å². The first-order valence-electron chi connectivity index (χ1n) is 13.2. The number of aromatic nitrogens is 1. The zero-order valence-electron chi connectivity index (χ0n) is 21.7. The van der Waals surface area contributed by atoms with Crippen LogP contribution in [0.2, 0.25) is 0 Å². The van der Waals surface area contributed by atoms with Crippen molar-refractivity contribution >= 4 is 16.6 Å². The van der Waals surface area contributed by atoms with Gasteiger partial charge in [-0.1, -0.05) is 46.4 Å². The molecule has 0 saturated heterocycles. The Labute approximate surface area is 208 Å². The second-order valence-electron chi connectivity index (χ2n) is 11.4. The average molecular weight is 470 g/mol. The highest BCUT2D eigenvalue weighted by atomic mass is 19.1. The monoisotopic (exact) mass is 469 g/mol. The molecule has 0 radical (unpaired) electrons. The second-order valence-corrected chi connectivity index (χ2v) is 11.4. The first-order chi connectivity index (χ1) is 16.7. The summed E-state index contributed by atoms with van der Waals surface area (Å²) >= 11 is 0.